The zero-order valence-electron chi connectivity index (χ0n) is 6.68. The van der Waals surface area contributed by atoms with Gasteiger partial charge < -0.3 is 9.84 Å². The number of H-pyrrole nitrogens is 1. The fraction of sp³-hybridized carbons (Fsp3) is 0.571. The SMILES string of the molecule is CC(C)CNc1cc(=O)[nH]o1. The monoisotopic (exact) mass is 156 g/mol. The van der Waals surface area contributed by atoms with E-state index in [1.807, 2.05) is 0 Å². The molecule has 1 aromatic rings. The number of aromatic amines is 1. The van der Waals surface area contributed by atoms with Crippen LogP contribution in [0.5, 0.6) is 0 Å². The molecule has 1 aromatic heterocycles. The summed E-state index contributed by atoms with van der Waals surface area (Å²) in [6, 6.07) is 1.39. The third kappa shape index (κ3) is 2.49. The molecule has 0 unspecified atom stereocenters. The maximum atomic E-state index is 10.5. The highest BCUT2D eigenvalue weighted by Crippen LogP contribution is 2.01. The second-order valence-corrected chi connectivity index (χ2v) is 2.85. The lowest BCUT2D eigenvalue weighted by Gasteiger charge is -2.03. The van der Waals surface area contributed by atoms with Gasteiger partial charge in [0.2, 0.25) is 5.88 Å². The standard InChI is InChI=1S/C7H12N2O2/c1-5(2)4-8-7-3-6(10)9-11-7/h3,5,8H,4H2,1-2H3,(H,9,10). The Morgan fingerprint density at radius 3 is 2.91 bits per heavy atom. The molecule has 1 heterocycles. The lowest BCUT2D eigenvalue weighted by molar-refractivity contribution is 0.423. The Balaban J connectivity index is 2.45. The van der Waals surface area contributed by atoms with Crippen LogP contribution in [0.15, 0.2) is 15.4 Å². The van der Waals surface area contributed by atoms with E-state index in [1.165, 1.54) is 6.07 Å². The molecule has 0 aliphatic heterocycles. The summed E-state index contributed by atoms with van der Waals surface area (Å²) in [6.45, 7) is 4.97. The zero-order valence-corrected chi connectivity index (χ0v) is 6.68. The van der Waals surface area contributed by atoms with Crippen LogP contribution in [0.1, 0.15) is 13.8 Å². The van der Waals surface area contributed by atoms with Crippen LogP contribution < -0.4 is 10.9 Å². The molecule has 0 aliphatic carbocycles. The summed E-state index contributed by atoms with van der Waals surface area (Å²) in [5.74, 6) is 1.04. The number of aromatic nitrogens is 1. The van der Waals surface area contributed by atoms with E-state index in [0.29, 0.717) is 11.8 Å². The predicted molar refractivity (Wildman–Crippen MR) is 42.7 cm³/mol. The first kappa shape index (κ1) is 7.91. The maximum Gasteiger partial charge on any atom is 0.282 e. The summed E-state index contributed by atoms with van der Waals surface area (Å²) in [6.07, 6.45) is 0. The molecule has 0 radical (unpaired) electrons. The molecule has 1 rings (SSSR count). The Morgan fingerprint density at radius 2 is 2.45 bits per heavy atom. The minimum absolute atomic E-state index is 0.212. The van der Waals surface area contributed by atoms with Crippen molar-refractivity contribution in [3.63, 3.8) is 0 Å². The van der Waals surface area contributed by atoms with Gasteiger partial charge in [-0.05, 0) is 5.92 Å². The molecule has 4 heteroatoms. The van der Waals surface area contributed by atoms with E-state index in [4.69, 9.17) is 4.52 Å². The van der Waals surface area contributed by atoms with Gasteiger partial charge in [0.15, 0.2) is 0 Å². The van der Waals surface area contributed by atoms with Crippen molar-refractivity contribution in [2.75, 3.05) is 11.9 Å². The first-order chi connectivity index (χ1) is 5.18. The molecule has 62 valence electrons. The molecule has 0 saturated carbocycles. The van der Waals surface area contributed by atoms with Crippen molar-refractivity contribution >= 4 is 5.88 Å². The second-order valence-electron chi connectivity index (χ2n) is 2.85. The maximum absolute atomic E-state index is 10.5. The molecular weight excluding hydrogens is 144 g/mol. The van der Waals surface area contributed by atoms with Crippen LogP contribution in [0.4, 0.5) is 5.88 Å². The molecule has 0 saturated heterocycles. The predicted octanol–water partition coefficient (Wildman–Crippen LogP) is 1.04. The lowest BCUT2D eigenvalue weighted by Crippen LogP contribution is -2.07. The highest BCUT2D eigenvalue weighted by molar-refractivity contribution is 5.27. The van der Waals surface area contributed by atoms with Crippen LogP contribution in [0.2, 0.25) is 0 Å². The van der Waals surface area contributed by atoms with E-state index in [9.17, 15) is 4.79 Å². The highest BCUT2D eigenvalue weighted by atomic mass is 16.5. The van der Waals surface area contributed by atoms with E-state index in [0.717, 1.165) is 6.54 Å². The molecule has 0 aliphatic rings. The number of hydrogen-bond acceptors (Lipinski definition) is 3. The van der Waals surface area contributed by atoms with Crippen LogP contribution in [0.3, 0.4) is 0 Å². The topological polar surface area (TPSA) is 58.0 Å². The molecule has 0 spiro atoms. The fourth-order valence-corrected chi connectivity index (χ4v) is 0.675. The summed E-state index contributed by atoms with van der Waals surface area (Å²) in [5, 5.41) is 5.17. The Morgan fingerprint density at radius 1 is 1.73 bits per heavy atom. The average molecular weight is 156 g/mol. The normalized spacial score (nSPS) is 10.5. The Bertz CT molecular complexity index is 261. The lowest BCUT2D eigenvalue weighted by atomic mass is 10.2. The van der Waals surface area contributed by atoms with E-state index in [1.54, 1.807) is 0 Å². The first-order valence-corrected chi connectivity index (χ1v) is 3.61. The summed E-state index contributed by atoms with van der Waals surface area (Å²) in [4.78, 5) is 10.5. The van der Waals surface area contributed by atoms with Gasteiger partial charge in [0.05, 0.1) is 6.07 Å². The number of anilines is 1. The van der Waals surface area contributed by atoms with Crippen molar-refractivity contribution in [1.29, 1.82) is 0 Å². The van der Waals surface area contributed by atoms with E-state index >= 15 is 0 Å². The first-order valence-electron chi connectivity index (χ1n) is 3.61. The van der Waals surface area contributed by atoms with Gasteiger partial charge in [0.25, 0.3) is 5.56 Å². The molecule has 0 fully saturated rings. The molecule has 0 bridgehead atoms. The van der Waals surface area contributed by atoms with Crippen molar-refractivity contribution in [3.05, 3.63) is 16.4 Å². The Hall–Kier alpha value is -1.19. The Labute approximate surface area is 64.6 Å². The summed E-state index contributed by atoms with van der Waals surface area (Å²) >= 11 is 0. The van der Waals surface area contributed by atoms with Crippen molar-refractivity contribution < 1.29 is 4.52 Å². The van der Waals surface area contributed by atoms with Crippen molar-refractivity contribution in [2.24, 2.45) is 5.92 Å². The van der Waals surface area contributed by atoms with Crippen molar-refractivity contribution in [2.45, 2.75) is 13.8 Å². The van der Waals surface area contributed by atoms with E-state index in [-0.39, 0.29) is 5.56 Å². The van der Waals surface area contributed by atoms with Gasteiger partial charge in [-0.25, -0.2) is 0 Å². The van der Waals surface area contributed by atoms with Gasteiger partial charge in [-0.15, -0.1) is 0 Å². The third-order valence-electron chi connectivity index (χ3n) is 1.21. The van der Waals surface area contributed by atoms with Gasteiger partial charge in [-0.3, -0.25) is 4.79 Å². The van der Waals surface area contributed by atoms with Gasteiger partial charge in [-0.2, -0.15) is 5.16 Å². The molecule has 11 heavy (non-hydrogen) atoms. The zero-order chi connectivity index (χ0) is 8.27. The number of hydrogen-bond donors (Lipinski definition) is 2. The van der Waals surface area contributed by atoms with Gasteiger partial charge in [0, 0.05) is 6.54 Å². The van der Waals surface area contributed by atoms with Crippen LogP contribution in [0, 0.1) is 5.92 Å². The smallest absolute Gasteiger partial charge is 0.282 e. The van der Waals surface area contributed by atoms with Gasteiger partial charge >= 0.3 is 0 Å². The molecule has 0 amide bonds. The molecule has 0 aromatic carbocycles. The van der Waals surface area contributed by atoms with Crippen LogP contribution in [-0.2, 0) is 0 Å². The van der Waals surface area contributed by atoms with E-state index in [2.05, 4.69) is 24.3 Å². The molecule has 4 nitrogen and oxygen atoms in total. The van der Waals surface area contributed by atoms with Gasteiger partial charge in [0.1, 0.15) is 0 Å². The number of rotatable bonds is 3. The molecule has 2 N–H and O–H groups in total. The van der Waals surface area contributed by atoms with E-state index < -0.39 is 0 Å². The summed E-state index contributed by atoms with van der Waals surface area (Å²) in [5.41, 5.74) is -0.212. The van der Waals surface area contributed by atoms with Crippen molar-refractivity contribution in [1.82, 2.24) is 5.16 Å². The molecule has 0 atom stereocenters. The minimum Gasteiger partial charge on any atom is -0.361 e. The molecular formula is C7H12N2O2. The third-order valence-corrected chi connectivity index (χ3v) is 1.21. The second kappa shape index (κ2) is 3.27. The quantitative estimate of drug-likeness (QED) is 0.687. The summed E-state index contributed by atoms with van der Waals surface area (Å²) in [7, 11) is 0. The minimum atomic E-state index is -0.212. The van der Waals surface area contributed by atoms with Gasteiger partial charge in [-0.1, -0.05) is 13.8 Å². The Kier molecular flexibility index (Phi) is 2.36. The fourth-order valence-electron chi connectivity index (χ4n) is 0.675. The average Bonchev–Trinajstić information content (AvgIpc) is 2.31. The van der Waals surface area contributed by atoms with Crippen molar-refractivity contribution in [3.8, 4) is 0 Å². The largest absolute Gasteiger partial charge is 0.361 e. The summed E-state index contributed by atoms with van der Waals surface area (Å²) < 4.78 is 4.77. The number of nitrogens with one attached hydrogen (secondary N) is 2. The van der Waals surface area contributed by atoms with Crippen LogP contribution >= 0.6 is 0 Å². The van der Waals surface area contributed by atoms with Crippen LogP contribution in [-0.4, -0.2) is 11.7 Å². The van der Waals surface area contributed by atoms with Crippen LogP contribution in [0.25, 0.3) is 0 Å². The highest BCUT2D eigenvalue weighted by Gasteiger charge is 1.98.